The predicted octanol–water partition coefficient (Wildman–Crippen LogP) is 0.656. The van der Waals surface area contributed by atoms with Gasteiger partial charge in [0.25, 0.3) is 0 Å². The minimum absolute atomic E-state index is 0.539. The highest BCUT2D eigenvalue weighted by atomic mass is 16.3. The van der Waals surface area contributed by atoms with E-state index in [1.54, 1.807) is 19.2 Å². The summed E-state index contributed by atoms with van der Waals surface area (Å²) < 4.78 is 0. The summed E-state index contributed by atoms with van der Waals surface area (Å²) in [6, 6.07) is 0. The summed E-state index contributed by atoms with van der Waals surface area (Å²) in [5, 5.41) is 11.7. The van der Waals surface area contributed by atoms with Gasteiger partial charge in [-0.3, -0.25) is 5.32 Å². The standard InChI is InChI=1S/C7H13NO/c1-4-5-6(2)7(9)8-3/h4-5,7-9H,1H2,2-3H3/b6-5+. The zero-order chi connectivity index (χ0) is 7.28. The first-order chi connectivity index (χ1) is 4.22. The molecule has 1 unspecified atom stereocenters. The number of aliphatic hydroxyl groups is 1. The minimum Gasteiger partial charge on any atom is -0.375 e. The van der Waals surface area contributed by atoms with Gasteiger partial charge >= 0.3 is 0 Å². The summed E-state index contributed by atoms with van der Waals surface area (Å²) in [5.74, 6) is 0. The normalized spacial score (nSPS) is 15.2. The highest BCUT2D eigenvalue weighted by molar-refractivity contribution is 5.10. The van der Waals surface area contributed by atoms with Gasteiger partial charge in [-0.1, -0.05) is 18.7 Å². The maximum absolute atomic E-state index is 9.03. The molecule has 2 nitrogen and oxygen atoms in total. The summed E-state index contributed by atoms with van der Waals surface area (Å²) in [4.78, 5) is 0. The van der Waals surface area contributed by atoms with Crippen molar-refractivity contribution in [2.75, 3.05) is 7.05 Å². The van der Waals surface area contributed by atoms with Crippen LogP contribution in [-0.2, 0) is 0 Å². The van der Waals surface area contributed by atoms with Crippen molar-refractivity contribution in [1.82, 2.24) is 5.32 Å². The van der Waals surface area contributed by atoms with E-state index in [0.29, 0.717) is 0 Å². The molecule has 0 aromatic carbocycles. The molecule has 0 aliphatic heterocycles. The maximum Gasteiger partial charge on any atom is 0.126 e. The zero-order valence-corrected chi connectivity index (χ0v) is 5.89. The quantitative estimate of drug-likeness (QED) is 0.431. The van der Waals surface area contributed by atoms with Crippen LogP contribution >= 0.6 is 0 Å². The Kier molecular flexibility index (Phi) is 4.01. The van der Waals surface area contributed by atoms with Crippen molar-refractivity contribution >= 4 is 0 Å². The zero-order valence-electron chi connectivity index (χ0n) is 5.89. The largest absolute Gasteiger partial charge is 0.375 e. The Bertz CT molecular complexity index is 118. The molecule has 9 heavy (non-hydrogen) atoms. The topological polar surface area (TPSA) is 32.3 Å². The Morgan fingerprint density at radius 1 is 1.78 bits per heavy atom. The molecule has 1 atom stereocenters. The third-order valence-corrected chi connectivity index (χ3v) is 1.09. The molecule has 0 spiro atoms. The molecule has 0 rings (SSSR count). The van der Waals surface area contributed by atoms with Crippen LogP contribution in [0.4, 0.5) is 0 Å². The van der Waals surface area contributed by atoms with Crippen LogP contribution in [0, 0.1) is 0 Å². The third kappa shape index (κ3) is 3.06. The van der Waals surface area contributed by atoms with Crippen molar-refractivity contribution in [1.29, 1.82) is 0 Å². The average molecular weight is 127 g/mol. The van der Waals surface area contributed by atoms with Gasteiger partial charge < -0.3 is 5.11 Å². The van der Waals surface area contributed by atoms with E-state index in [1.165, 1.54) is 0 Å². The van der Waals surface area contributed by atoms with Gasteiger partial charge in [-0.05, 0) is 19.5 Å². The molecule has 0 aliphatic rings. The lowest BCUT2D eigenvalue weighted by atomic mass is 10.2. The van der Waals surface area contributed by atoms with E-state index in [4.69, 9.17) is 5.11 Å². The fourth-order valence-corrected chi connectivity index (χ4v) is 0.505. The van der Waals surface area contributed by atoms with Crippen LogP contribution in [0.15, 0.2) is 24.3 Å². The highest BCUT2D eigenvalue weighted by Gasteiger charge is 1.98. The summed E-state index contributed by atoms with van der Waals surface area (Å²) >= 11 is 0. The van der Waals surface area contributed by atoms with Gasteiger partial charge in [0.1, 0.15) is 6.23 Å². The van der Waals surface area contributed by atoms with Crippen molar-refractivity contribution in [2.24, 2.45) is 0 Å². The number of rotatable bonds is 3. The Hall–Kier alpha value is -0.600. The summed E-state index contributed by atoms with van der Waals surface area (Å²) in [5.41, 5.74) is 0.868. The number of allylic oxidation sites excluding steroid dienone is 2. The molecule has 0 aliphatic carbocycles. The number of likely N-dealkylation sites (N-methyl/N-ethyl adjacent to an activating group) is 1. The smallest absolute Gasteiger partial charge is 0.126 e. The van der Waals surface area contributed by atoms with Crippen LogP contribution in [0.1, 0.15) is 6.92 Å². The van der Waals surface area contributed by atoms with Crippen molar-refractivity contribution in [2.45, 2.75) is 13.2 Å². The minimum atomic E-state index is -0.539. The Labute approximate surface area is 55.9 Å². The molecular weight excluding hydrogens is 114 g/mol. The maximum atomic E-state index is 9.03. The van der Waals surface area contributed by atoms with E-state index in [1.807, 2.05) is 6.92 Å². The third-order valence-electron chi connectivity index (χ3n) is 1.09. The van der Waals surface area contributed by atoms with Gasteiger partial charge in [0.05, 0.1) is 0 Å². The lowest BCUT2D eigenvalue weighted by Crippen LogP contribution is -2.25. The molecule has 52 valence electrons. The molecule has 0 bridgehead atoms. The van der Waals surface area contributed by atoms with Gasteiger partial charge in [0.15, 0.2) is 0 Å². The highest BCUT2D eigenvalue weighted by Crippen LogP contribution is 1.95. The molecule has 0 saturated heterocycles. The predicted molar refractivity (Wildman–Crippen MR) is 39.0 cm³/mol. The summed E-state index contributed by atoms with van der Waals surface area (Å²) in [6.45, 7) is 5.34. The van der Waals surface area contributed by atoms with Gasteiger partial charge in [-0.25, -0.2) is 0 Å². The average Bonchev–Trinajstić information content (AvgIpc) is 1.87. The molecule has 2 heteroatoms. The lowest BCUT2D eigenvalue weighted by Gasteiger charge is -2.07. The first-order valence-electron chi connectivity index (χ1n) is 2.87. The van der Waals surface area contributed by atoms with Crippen LogP contribution in [0.25, 0.3) is 0 Å². The van der Waals surface area contributed by atoms with Gasteiger partial charge in [-0.2, -0.15) is 0 Å². The van der Waals surface area contributed by atoms with E-state index < -0.39 is 6.23 Å². The number of nitrogens with one attached hydrogen (secondary N) is 1. The fourth-order valence-electron chi connectivity index (χ4n) is 0.505. The molecule has 0 aromatic rings. The molecule has 0 fully saturated rings. The molecule has 2 N–H and O–H groups in total. The summed E-state index contributed by atoms with van der Waals surface area (Å²) in [6.07, 6.45) is 2.87. The van der Waals surface area contributed by atoms with Crippen molar-refractivity contribution in [3.05, 3.63) is 24.3 Å². The second kappa shape index (κ2) is 4.30. The van der Waals surface area contributed by atoms with Crippen molar-refractivity contribution in [3.63, 3.8) is 0 Å². The van der Waals surface area contributed by atoms with Crippen LogP contribution in [-0.4, -0.2) is 18.4 Å². The Morgan fingerprint density at radius 2 is 2.33 bits per heavy atom. The molecular formula is C7H13NO. The van der Waals surface area contributed by atoms with E-state index in [-0.39, 0.29) is 0 Å². The number of aliphatic hydroxyl groups excluding tert-OH is 1. The SMILES string of the molecule is C=C/C=C(\C)C(O)NC. The molecule has 0 aromatic heterocycles. The second-order valence-electron chi connectivity index (χ2n) is 1.84. The number of hydrogen-bond donors (Lipinski definition) is 2. The second-order valence-corrected chi connectivity index (χ2v) is 1.84. The van der Waals surface area contributed by atoms with Crippen LogP contribution in [0.2, 0.25) is 0 Å². The van der Waals surface area contributed by atoms with E-state index in [2.05, 4.69) is 11.9 Å². The summed E-state index contributed by atoms with van der Waals surface area (Å²) in [7, 11) is 1.70. The van der Waals surface area contributed by atoms with Gasteiger partial charge in [-0.15, -0.1) is 0 Å². The molecule has 0 amide bonds. The molecule has 0 saturated carbocycles. The monoisotopic (exact) mass is 127 g/mol. The van der Waals surface area contributed by atoms with Crippen LogP contribution < -0.4 is 5.32 Å². The van der Waals surface area contributed by atoms with E-state index >= 15 is 0 Å². The molecule has 0 heterocycles. The van der Waals surface area contributed by atoms with Crippen molar-refractivity contribution < 1.29 is 5.11 Å². The lowest BCUT2D eigenvalue weighted by molar-refractivity contribution is 0.183. The van der Waals surface area contributed by atoms with Crippen LogP contribution in [0.3, 0.4) is 0 Å². The van der Waals surface area contributed by atoms with Gasteiger partial charge in [0, 0.05) is 0 Å². The Balaban J connectivity index is 3.84. The van der Waals surface area contributed by atoms with E-state index in [9.17, 15) is 0 Å². The van der Waals surface area contributed by atoms with E-state index in [0.717, 1.165) is 5.57 Å². The Morgan fingerprint density at radius 3 is 2.67 bits per heavy atom. The first kappa shape index (κ1) is 8.40. The van der Waals surface area contributed by atoms with Crippen LogP contribution in [0.5, 0.6) is 0 Å². The number of hydrogen-bond acceptors (Lipinski definition) is 2. The molecule has 0 radical (unpaired) electrons. The fraction of sp³-hybridized carbons (Fsp3) is 0.429. The van der Waals surface area contributed by atoms with Gasteiger partial charge in [0.2, 0.25) is 0 Å². The first-order valence-corrected chi connectivity index (χ1v) is 2.87. The van der Waals surface area contributed by atoms with Crippen molar-refractivity contribution in [3.8, 4) is 0 Å².